The lowest BCUT2D eigenvalue weighted by Crippen LogP contribution is -2.43. The van der Waals surface area contributed by atoms with Crippen molar-refractivity contribution in [2.45, 2.75) is 52.5 Å². The summed E-state index contributed by atoms with van der Waals surface area (Å²) in [4.78, 5) is 19.5. The highest BCUT2D eigenvalue weighted by atomic mass is 35.5. The standard InChI is InChI=1S/C18H29N5O.2ClH/c1-13-20-14(2)23(21-13)12-15-4-3-9-22(11-15)17(24)16-10-18(16)5-7-19-8-6-18;;/h15-16,19H,3-12H2,1-2H3;2*1H. The molecule has 0 radical (unpaired) electrons. The highest BCUT2D eigenvalue weighted by Crippen LogP contribution is 2.59. The number of hydrogen-bond acceptors (Lipinski definition) is 4. The molecule has 1 aromatic rings. The Labute approximate surface area is 168 Å². The van der Waals surface area contributed by atoms with Crippen molar-refractivity contribution in [1.82, 2.24) is 25.0 Å². The third-order valence-corrected chi connectivity index (χ3v) is 6.31. The van der Waals surface area contributed by atoms with E-state index in [0.717, 1.165) is 57.2 Å². The maximum atomic E-state index is 13.0. The summed E-state index contributed by atoms with van der Waals surface area (Å²) >= 11 is 0. The van der Waals surface area contributed by atoms with Crippen LogP contribution in [-0.4, -0.2) is 51.8 Å². The number of halogens is 2. The summed E-state index contributed by atoms with van der Waals surface area (Å²) in [6.07, 6.45) is 5.78. The van der Waals surface area contributed by atoms with E-state index in [1.54, 1.807) is 0 Å². The number of aromatic nitrogens is 3. The Morgan fingerprint density at radius 1 is 1.27 bits per heavy atom. The van der Waals surface area contributed by atoms with Gasteiger partial charge in [0.2, 0.25) is 5.91 Å². The van der Waals surface area contributed by atoms with Gasteiger partial charge in [-0.1, -0.05) is 0 Å². The molecule has 1 N–H and O–H groups in total. The van der Waals surface area contributed by atoms with Gasteiger partial charge in [-0.05, 0) is 70.4 Å². The van der Waals surface area contributed by atoms with Crippen LogP contribution in [-0.2, 0) is 11.3 Å². The van der Waals surface area contributed by atoms with Gasteiger partial charge in [-0.15, -0.1) is 24.8 Å². The van der Waals surface area contributed by atoms with Crippen molar-refractivity contribution in [2.75, 3.05) is 26.2 Å². The smallest absolute Gasteiger partial charge is 0.226 e. The molecule has 4 rings (SSSR count). The van der Waals surface area contributed by atoms with Gasteiger partial charge in [0.25, 0.3) is 0 Å². The third-order valence-electron chi connectivity index (χ3n) is 6.31. The zero-order chi connectivity index (χ0) is 16.7. The lowest BCUT2D eigenvalue weighted by molar-refractivity contribution is -0.135. The first-order chi connectivity index (χ1) is 11.6. The average molecular weight is 404 g/mol. The molecule has 1 saturated carbocycles. The minimum absolute atomic E-state index is 0. The van der Waals surface area contributed by atoms with Crippen LogP contribution in [0.2, 0.25) is 0 Å². The van der Waals surface area contributed by atoms with E-state index in [2.05, 4.69) is 20.3 Å². The van der Waals surface area contributed by atoms with Gasteiger partial charge in [0.15, 0.2) is 0 Å². The van der Waals surface area contributed by atoms with Gasteiger partial charge in [-0.25, -0.2) is 9.67 Å². The van der Waals surface area contributed by atoms with Crippen molar-refractivity contribution in [3.63, 3.8) is 0 Å². The fraction of sp³-hybridized carbons (Fsp3) is 0.833. The predicted molar refractivity (Wildman–Crippen MR) is 106 cm³/mol. The van der Waals surface area contributed by atoms with Crippen LogP contribution in [0.1, 0.15) is 43.8 Å². The molecule has 26 heavy (non-hydrogen) atoms. The Balaban J connectivity index is 0.00000121. The molecule has 6 nitrogen and oxygen atoms in total. The van der Waals surface area contributed by atoms with Gasteiger partial charge in [0.05, 0.1) is 0 Å². The Bertz CT molecular complexity index is 629. The maximum Gasteiger partial charge on any atom is 0.226 e. The van der Waals surface area contributed by atoms with Crippen LogP contribution in [0.3, 0.4) is 0 Å². The van der Waals surface area contributed by atoms with Gasteiger partial charge in [-0.3, -0.25) is 4.79 Å². The number of hydrogen-bond donors (Lipinski definition) is 1. The second-order valence-corrected chi connectivity index (χ2v) is 8.05. The van der Waals surface area contributed by atoms with E-state index in [4.69, 9.17) is 0 Å². The highest BCUT2D eigenvalue weighted by Gasteiger charge is 2.58. The monoisotopic (exact) mass is 403 g/mol. The summed E-state index contributed by atoms with van der Waals surface area (Å²) in [7, 11) is 0. The van der Waals surface area contributed by atoms with Gasteiger partial charge in [-0.2, -0.15) is 5.10 Å². The van der Waals surface area contributed by atoms with E-state index in [-0.39, 0.29) is 24.8 Å². The minimum Gasteiger partial charge on any atom is -0.342 e. The minimum atomic E-state index is 0. The quantitative estimate of drug-likeness (QED) is 0.840. The first-order valence-electron chi connectivity index (χ1n) is 9.45. The highest BCUT2D eigenvalue weighted by molar-refractivity contribution is 5.85. The van der Waals surface area contributed by atoms with Crippen LogP contribution in [0, 0.1) is 31.1 Å². The van der Waals surface area contributed by atoms with E-state index in [1.165, 1.54) is 19.3 Å². The molecule has 0 aromatic carbocycles. The van der Waals surface area contributed by atoms with Gasteiger partial charge in [0, 0.05) is 25.6 Å². The van der Waals surface area contributed by atoms with Crippen molar-refractivity contribution in [2.24, 2.45) is 17.3 Å². The fourth-order valence-electron chi connectivity index (χ4n) is 4.79. The first kappa shape index (κ1) is 21.5. The van der Waals surface area contributed by atoms with Gasteiger partial charge >= 0.3 is 0 Å². The van der Waals surface area contributed by atoms with Crippen molar-refractivity contribution in [3.05, 3.63) is 11.6 Å². The Kier molecular flexibility index (Phi) is 6.97. The molecular weight excluding hydrogens is 373 g/mol. The molecule has 1 aliphatic carbocycles. The zero-order valence-corrected chi connectivity index (χ0v) is 17.4. The molecule has 1 aromatic heterocycles. The summed E-state index contributed by atoms with van der Waals surface area (Å²) in [6.45, 7) is 8.82. The maximum absolute atomic E-state index is 13.0. The topological polar surface area (TPSA) is 63.1 Å². The number of carbonyl (C=O) groups excluding carboxylic acids is 1. The molecule has 148 valence electrons. The number of carbonyl (C=O) groups is 1. The van der Waals surface area contributed by atoms with Crippen molar-refractivity contribution in [1.29, 1.82) is 0 Å². The van der Waals surface area contributed by atoms with Crippen LogP contribution in [0.4, 0.5) is 0 Å². The normalized spacial score (nSPS) is 26.8. The van der Waals surface area contributed by atoms with Crippen LogP contribution in [0.15, 0.2) is 0 Å². The molecule has 2 saturated heterocycles. The summed E-state index contributed by atoms with van der Waals surface area (Å²) in [5.41, 5.74) is 0.342. The lowest BCUT2D eigenvalue weighted by atomic mass is 9.91. The van der Waals surface area contributed by atoms with Gasteiger partial charge < -0.3 is 10.2 Å². The summed E-state index contributed by atoms with van der Waals surface area (Å²) in [5.74, 6) is 3.04. The Hall–Kier alpha value is -0.850. The number of amides is 1. The molecule has 3 heterocycles. The molecule has 2 unspecified atom stereocenters. The number of aryl methyl sites for hydroxylation is 2. The van der Waals surface area contributed by atoms with Crippen molar-refractivity contribution in [3.8, 4) is 0 Å². The summed E-state index contributed by atoms with van der Waals surface area (Å²) in [6, 6.07) is 0. The largest absolute Gasteiger partial charge is 0.342 e. The number of rotatable bonds is 3. The third kappa shape index (κ3) is 4.18. The molecule has 8 heteroatoms. The van der Waals surface area contributed by atoms with Gasteiger partial charge in [0.1, 0.15) is 11.6 Å². The molecule has 2 atom stereocenters. The zero-order valence-electron chi connectivity index (χ0n) is 15.7. The number of piperidine rings is 2. The van der Waals surface area contributed by atoms with Crippen LogP contribution >= 0.6 is 24.8 Å². The molecule has 1 amide bonds. The average Bonchev–Trinajstić information content (AvgIpc) is 3.16. The van der Waals surface area contributed by atoms with E-state index >= 15 is 0 Å². The summed E-state index contributed by atoms with van der Waals surface area (Å²) < 4.78 is 2.01. The van der Waals surface area contributed by atoms with E-state index in [9.17, 15) is 4.79 Å². The molecule has 1 spiro atoms. The van der Waals surface area contributed by atoms with Crippen molar-refractivity contribution < 1.29 is 4.79 Å². The van der Waals surface area contributed by atoms with Crippen LogP contribution in [0.5, 0.6) is 0 Å². The van der Waals surface area contributed by atoms with E-state index in [1.807, 2.05) is 18.5 Å². The Morgan fingerprint density at radius 3 is 2.65 bits per heavy atom. The number of nitrogens with one attached hydrogen (secondary N) is 1. The Morgan fingerprint density at radius 2 is 2.00 bits per heavy atom. The van der Waals surface area contributed by atoms with E-state index in [0.29, 0.717) is 23.2 Å². The van der Waals surface area contributed by atoms with E-state index < -0.39 is 0 Å². The molecular formula is C18H31Cl2N5O. The second kappa shape index (κ2) is 8.44. The fourth-order valence-corrected chi connectivity index (χ4v) is 4.79. The first-order valence-corrected chi connectivity index (χ1v) is 9.45. The number of likely N-dealkylation sites (tertiary alicyclic amines) is 1. The molecule has 3 fully saturated rings. The van der Waals surface area contributed by atoms with Crippen LogP contribution < -0.4 is 5.32 Å². The molecule has 0 bridgehead atoms. The SMILES string of the molecule is Cc1nc(C)n(CC2CCCN(C(=O)C3CC34CCNCC4)C2)n1.Cl.Cl. The molecule has 3 aliphatic rings. The molecule has 2 aliphatic heterocycles. The summed E-state index contributed by atoms with van der Waals surface area (Å²) in [5, 5.41) is 7.91. The number of nitrogens with zero attached hydrogens (tertiary/aromatic N) is 4. The lowest BCUT2D eigenvalue weighted by Gasteiger charge is -2.34. The van der Waals surface area contributed by atoms with Crippen LogP contribution in [0.25, 0.3) is 0 Å². The second-order valence-electron chi connectivity index (χ2n) is 8.05. The van der Waals surface area contributed by atoms with Crippen molar-refractivity contribution >= 4 is 30.7 Å². The predicted octanol–water partition coefficient (Wildman–Crippen LogP) is 2.37.